The molecule has 0 saturated carbocycles. The van der Waals surface area contributed by atoms with Gasteiger partial charge in [-0.3, -0.25) is 0 Å². The molecule has 0 fully saturated rings. The Balaban J connectivity index is 0. The molecule has 0 atom stereocenters. The van der Waals surface area contributed by atoms with Crippen LogP contribution >= 0.6 is 0 Å². The van der Waals surface area contributed by atoms with Gasteiger partial charge in [0, 0.05) is 29.7 Å². The lowest BCUT2D eigenvalue weighted by atomic mass is 10.0. The first kappa shape index (κ1) is 25.8. The molecule has 0 unspecified atom stereocenters. The highest BCUT2D eigenvalue weighted by Crippen LogP contribution is 2.12. The normalized spacial score (nSPS) is 10.3. The predicted octanol–water partition coefficient (Wildman–Crippen LogP) is 3.10. The van der Waals surface area contributed by atoms with Crippen molar-refractivity contribution in [2.75, 3.05) is 13.2 Å². The SMILES string of the molecule is C=C(C)C(=O)OCCCO.C=C(CC=C(CCCCC)C(=O)O)C(=O)O. The monoisotopic (exact) mass is 370 g/mol. The van der Waals surface area contributed by atoms with E-state index in [1.54, 1.807) is 6.92 Å². The van der Waals surface area contributed by atoms with Gasteiger partial charge in [-0.05, 0) is 26.2 Å². The van der Waals surface area contributed by atoms with E-state index in [0.717, 1.165) is 19.3 Å². The Kier molecular flexibility index (Phi) is 16.0. The third kappa shape index (κ3) is 15.1. The fraction of sp³-hybridized carbons (Fsp3) is 0.526. The summed E-state index contributed by atoms with van der Waals surface area (Å²) in [6, 6.07) is 0. The zero-order valence-electron chi connectivity index (χ0n) is 15.6. The lowest BCUT2D eigenvalue weighted by Gasteiger charge is -2.02. The standard InChI is InChI=1S/C12H18O4.C7H12O3/c1-3-4-5-6-10(12(15)16)8-7-9(2)11(13)14;1-6(2)7(9)10-5-3-4-8/h8H,2-7H2,1H3,(H,13,14)(H,15,16);8H,1,3-5H2,2H3. The topological polar surface area (TPSA) is 121 Å². The molecule has 148 valence electrons. The number of aliphatic hydroxyl groups is 1. The molecule has 0 radical (unpaired) electrons. The fourth-order valence-electron chi connectivity index (χ4n) is 1.55. The summed E-state index contributed by atoms with van der Waals surface area (Å²) in [6.07, 6.45) is 5.31. The Morgan fingerprint density at radius 1 is 1.04 bits per heavy atom. The predicted molar refractivity (Wildman–Crippen MR) is 98.7 cm³/mol. The van der Waals surface area contributed by atoms with Gasteiger partial charge in [-0.25, -0.2) is 14.4 Å². The molecule has 0 amide bonds. The summed E-state index contributed by atoms with van der Waals surface area (Å²) in [6.45, 7) is 10.7. The van der Waals surface area contributed by atoms with Crippen molar-refractivity contribution in [1.29, 1.82) is 0 Å². The fourth-order valence-corrected chi connectivity index (χ4v) is 1.55. The smallest absolute Gasteiger partial charge is 0.333 e. The highest BCUT2D eigenvalue weighted by molar-refractivity contribution is 5.88. The number of hydrogen-bond acceptors (Lipinski definition) is 5. The lowest BCUT2D eigenvalue weighted by Crippen LogP contribution is -2.06. The summed E-state index contributed by atoms with van der Waals surface area (Å²) in [5, 5.41) is 25.8. The molecule has 0 heterocycles. The number of carbonyl (C=O) groups excluding carboxylic acids is 1. The number of carboxylic acid groups (broad SMARTS) is 2. The Labute approximate surface area is 154 Å². The quantitative estimate of drug-likeness (QED) is 0.274. The van der Waals surface area contributed by atoms with Crippen molar-refractivity contribution in [3.63, 3.8) is 0 Å². The van der Waals surface area contributed by atoms with Crippen LogP contribution in [0, 0.1) is 0 Å². The maximum Gasteiger partial charge on any atom is 0.333 e. The van der Waals surface area contributed by atoms with Crippen molar-refractivity contribution >= 4 is 17.9 Å². The average molecular weight is 370 g/mol. The molecule has 26 heavy (non-hydrogen) atoms. The summed E-state index contributed by atoms with van der Waals surface area (Å²) in [5.41, 5.74) is 0.669. The third-order valence-electron chi connectivity index (χ3n) is 3.11. The van der Waals surface area contributed by atoms with Crippen molar-refractivity contribution in [2.24, 2.45) is 0 Å². The van der Waals surface area contributed by atoms with E-state index in [0.29, 0.717) is 18.4 Å². The van der Waals surface area contributed by atoms with E-state index in [1.807, 2.05) is 6.92 Å². The van der Waals surface area contributed by atoms with Gasteiger partial charge in [0.05, 0.1) is 6.61 Å². The van der Waals surface area contributed by atoms with Gasteiger partial charge in [-0.15, -0.1) is 0 Å². The number of hydrogen-bond donors (Lipinski definition) is 3. The van der Waals surface area contributed by atoms with Crippen LogP contribution in [-0.2, 0) is 19.1 Å². The van der Waals surface area contributed by atoms with Crippen LogP contribution in [0.2, 0.25) is 0 Å². The number of carboxylic acids is 2. The van der Waals surface area contributed by atoms with Crippen LogP contribution in [0.1, 0.15) is 52.4 Å². The second kappa shape index (κ2) is 16.1. The van der Waals surface area contributed by atoms with E-state index in [-0.39, 0.29) is 30.8 Å². The Morgan fingerprint density at radius 3 is 2.08 bits per heavy atom. The number of ether oxygens (including phenoxy) is 1. The van der Waals surface area contributed by atoms with Gasteiger partial charge in [0.25, 0.3) is 0 Å². The lowest BCUT2D eigenvalue weighted by molar-refractivity contribution is -0.139. The van der Waals surface area contributed by atoms with Crippen LogP contribution in [-0.4, -0.2) is 46.4 Å². The van der Waals surface area contributed by atoms with Gasteiger partial charge >= 0.3 is 17.9 Å². The summed E-state index contributed by atoms with van der Waals surface area (Å²) in [5.74, 6) is -2.46. The van der Waals surface area contributed by atoms with Crippen LogP contribution in [0.15, 0.2) is 36.0 Å². The number of allylic oxidation sites excluding steroid dienone is 1. The van der Waals surface area contributed by atoms with Crippen molar-refractivity contribution in [3.8, 4) is 0 Å². The average Bonchev–Trinajstić information content (AvgIpc) is 2.57. The molecule has 7 heteroatoms. The van der Waals surface area contributed by atoms with Crippen molar-refractivity contribution in [2.45, 2.75) is 52.4 Å². The van der Waals surface area contributed by atoms with Crippen LogP contribution in [0.3, 0.4) is 0 Å². The largest absolute Gasteiger partial charge is 0.478 e. The molecule has 0 aromatic carbocycles. The number of aliphatic carboxylic acids is 2. The Bertz CT molecular complexity index is 518. The molecule has 0 saturated heterocycles. The second-order valence-corrected chi connectivity index (χ2v) is 5.60. The van der Waals surface area contributed by atoms with E-state index < -0.39 is 17.9 Å². The molecule has 0 aliphatic heterocycles. The van der Waals surface area contributed by atoms with Crippen LogP contribution in [0.4, 0.5) is 0 Å². The molecule has 0 spiro atoms. The zero-order chi connectivity index (χ0) is 20.5. The van der Waals surface area contributed by atoms with Crippen LogP contribution in [0.5, 0.6) is 0 Å². The summed E-state index contributed by atoms with van der Waals surface area (Å²) in [7, 11) is 0. The minimum Gasteiger partial charge on any atom is -0.478 e. The first-order valence-electron chi connectivity index (χ1n) is 8.44. The van der Waals surface area contributed by atoms with E-state index >= 15 is 0 Å². The molecule has 7 nitrogen and oxygen atoms in total. The van der Waals surface area contributed by atoms with E-state index in [9.17, 15) is 14.4 Å². The number of aliphatic hydroxyl groups excluding tert-OH is 1. The molecular weight excluding hydrogens is 340 g/mol. The number of carbonyl (C=O) groups is 3. The molecule has 0 aromatic rings. The van der Waals surface area contributed by atoms with Gasteiger partial charge in [0.15, 0.2) is 0 Å². The molecule has 0 aliphatic rings. The maximum atomic E-state index is 10.8. The van der Waals surface area contributed by atoms with E-state index in [2.05, 4.69) is 17.9 Å². The molecule has 3 N–H and O–H groups in total. The van der Waals surface area contributed by atoms with Gasteiger partial charge in [-0.1, -0.05) is 39.0 Å². The maximum absolute atomic E-state index is 10.8. The number of unbranched alkanes of at least 4 members (excludes halogenated alkanes) is 2. The zero-order valence-corrected chi connectivity index (χ0v) is 15.6. The second-order valence-electron chi connectivity index (χ2n) is 5.60. The van der Waals surface area contributed by atoms with Gasteiger partial charge in [-0.2, -0.15) is 0 Å². The van der Waals surface area contributed by atoms with Crippen molar-refractivity contribution in [1.82, 2.24) is 0 Å². The van der Waals surface area contributed by atoms with Gasteiger partial charge in [0.1, 0.15) is 0 Å². The molecule has 0 rings (SSSR count). The first-order valence-corrected chi connectivity index (χ1v) is 8.44. The Hall–Kier alpha value is -2.41. The van der Waals surface area contributed by atoms with Crippen molar-refractivity contribution < 1.29 is 34.4 Å². The van der Waals surface area contributed by atoms with Crippen LogP contribution in [0.25, 0.3) is 0 Å². The van der Waals surface area contributed by atoms with Gasteiger partial charge < -0.3 is 20.1 Å². The number of rotatable bonds is 12. The van der Waals surface area contributed by atoms with E-state index in [1.165, 1.54) is 6.08 Å². The minimum absolute atomic E-state index is 0.00856. The summed E-state index contributed by atoms with van der Waals surface area (Å²) < 4.78 is 4.65. The van der Waals surface area contributed by atoms with Crippen LogP contribution < -0.4 is 0 Å². The van der Waals surface area contributed by atoms with Gasteiger partial charge in [0.2, 0.25) is 0 Å². The summed E-state index contributed by atoms with van der Waals surface area (Å²) in [4.78, 5) is 31.9. The minimum atomic E-state index is -1.09. The highest BCUT2D eigenvalue weighted by Gasteiger charge is 2.08. The van der Waals surface area contributed by atoms with E-state index in [4.69, 9.17) is 15.3 Å². The molecule has 0 bridgehead atoms. The Morgan fingerprint density at radius 2 is 1.65 bits per heavy atom. The molecule has 0 aliphatic carbocycles. The summed E-state index contributed by atoms with van der Waals surface area (Å²) >= 11 is 0. The van der Waals surface area contributed by atoms with Crippen molar-refractivity contribution in [3.05, 3.63) is 36.0 Å². The third-order valence-corrected chi connectivity index (χ3v) is 3.11. The highest BCUT2D eigenvalue weighted by atomic mass is 16.5. The first-order chi connectivity index (χ1) is 12.2. The molecular formula is C19H30O7. The molecule has 0 aromatic heterocycles. The number of esters is 1.